The first kappa shape index (κ1) is 16.2. The second-order valence-corrected chi connectivity index (χ2v) is 4.42. The van der Waals surface area contributed by atoms with E-state index >= 15 is 0 Å². The molecule has 19 heavy (non-hydrogen) atoms. The highest BCUT2D eigenvalue weighted by atomic mass is 35.5. The number of nitrogens with one attached hydrogen (secondary N) is 1. The van der Waals surface area contributed by atoms with Gasteiger partial charge >= 0.3 is 6.18 Å². The number of ether oxygens (including phenoxy) is 1. The molecule has 1 aromatic carbocycles. The topological polar surface area (TPSA) is 21.3 Å². The quantitative estimate of drug-likeness (QED) is 0.639. The van der Waals surface area contributed by atoms with E-state index in [1.807, 2.05) is 0 Å². The first-order chi connectivity index (χ1) is 8.79. The molecule has 0 amide bonds. The van der Waals surface area contributed by atoms with Crippen molar-refractivity contribution in [1.82, 2.24) is 5.32 Å². The molecule has 0 saturated carbocycles. The fourth-order valence-corrected chi connectivity index (χ4v) is 1.62. The molecule has 1 atom stereocenters. The van der Waals surface area contributed by atoms with Gasteiger partial charge in [0.1, 0.15) is 12.4 Å². The van der Waals surface area contributed by atoms with Gasteiger partial charge in [-0.05, 0) is 24.6 Å². The van der Waals surface area contributed by atoms with Crippen molar-refractivity contribution in [2.24, 2.45) is 0 Å². The van der Waals surface area contributed by atoms with Gasteiger partial charge in [0, 0.05) is 12.6 Å². The number of benzene rings is 1. The third-order valence-electron chi connectivity index (χ3n) is 2.41. The van der Waals surface area contributed by atoms with Gasteiger partial charge in [-0.3, -0.25) is 0 Å². The van der Waals surface area contributed by atoms with E-state index in [9.17, 15) is 17.6 Å². The van der Waals surface area contributed by atoms with E-state index in [0.29, 0.717) is 0 Å². The van der Waals surface area contributed by atoms with Gasteiger partial charge in [0.05, 0.1) is 11.6 Å². The molecule has 0 aliphatic carbocycles. The molecule has 0 radical (unpaired) electrons. The zero-order chi connectivity index (χ0) is 14.5. The molecular formula is C12H14ClF4NO. The maximum atomic E-state index is 12.9. The van der Waals surface area contributed by atoms with E-state index in [4.69, 9.17) is 11.6 Å². The molecule has 0 fully saturated rings. The summed E-state index contributed by atoms with van der Waals surface area (Å²) < 4.78 is 52.8. The van der Waals surface area contributed by atoms with Crippen molar-refractivity contribution in [1.29, 1.82) is 0 Å². The van der Waals surface area contributed by atoms with Crippen molar-refractivity contribution in [3.05, 3.63) is 34.6 Å². The number of rotatable bonds is 6. The summed E-state index contributed by atoms with van der Waals surface area (Å²) in [4.78, 5) is 0. The molecule has 0 aliphatic rings. The van der Waals surface area contributed by atoms with E-state index in [1.54, 1.807) is 13.0 Å². The highest BCUT2D eigenvalue weighted by Gasteiger charge is 2.27. The molecule has 0 spiro atoms. The van der Waals surface area contributed by atoms with E-state index in [-0.39, 0.29) is 24.2 Å². The predicted octanol–water partition coefficient (Wildman–Crippen LogP) is 3.71. The minimum atomic E-state index is -4.31. The van der Waals surface area contributed by atoms with Crippen molar-refractivity contribution in [2.45, 2.75) is 19.1 Å². The molecule has 1 unspecified atom stereocenters. The lowest BCUT2D eigenvalue weighted by Gasteiger charge is -2.15. The summed E-state index contributed by atoms with van der Waals surface area (Å²) in [5, 5.41) is 2.97. The molecule has 0 saturated heterocycles. The van der Waals surface area contributed by atoms with Gasteiger partial charge in [0.15, 0.2) is 0 Å². The van der Waals surface area contributed by atoms with Crippen LogP contribution >= 0.6 is 11.6 Å². The van der Waals surface area contributed by atoms with Crippen molar-refractivity contribution in [2.75, 3.05) is 19.8 Å². The second-order valence-electron chi connectivity index (χ2n) is 4.02. The Hall–Kier alpha value is -0.850. The summed E-state index contributed by atoms with van der Waals surface area (Å²) >= 11 is 5.64. The van der Waals surface area contributed by atoms with Gasteiger partial charge in [0.2, 0.25) is 0 Å². The molecule has 0 aromatic heterocycles. The van der Waals surface area contributed by atoms with Gasteiger partial charge in [-0.25, -0.2) is 4.39 Å². The van der Waals surface area contributed by atoms with Gasteiger partial charge in [0.25, 0.3) is 0 Å². The SMILES string of the molecule is CC(NCCOCC(F)(F)F)c1ccc(F)c(Cl)c1. The average Bonchev–Trinajstić information content (AvgIpc) is 2.30. The molecular weight excluding hydrogens is 286 g/mol. The molecule has 7 heteroatoms. The molecule has 108 valence electrons. The Labute approximate surface area is 113 Å². The third-order valence-corrected chi connectivity index (χ3v) is 2.70. The van der Waals surface area contributed by atoms with E-state index < -0.39 is 18.6 Å². The number of hydrogen-bond donors (Lipinski definition) is 1. The van der Waals surface area contributed by atoms with Crippen LogP contribution < -0.4 is 5.32 Å². The number of halogens is 5. The van der Waals surface area contributed by atoms with E-state index in [0.717, 1.165) is 5.56 Å². The van der Waals surface area contributed by atoms with Gasteiger partial charge < -0.3 is 10.1 Å². The van der Waals surface area contributed by atoms with E-state index in [1.165, 1.54) is 12.1 Å². The van der Waals surface area contributed by atoms with Crippen LogP contribution in [0.1, 0.15) is 18.5 Å². The maximum Gasteiger partial charge on any atom is 0.411 e. The fraction of sp³-hybridized carbons (Fsp3) is 0.500. The maximum absolute atomic E-state index is 12.9. The first-order valence-corrected chi connectivity index (χ1v) is 6.00. The zero-order valence-electron chi connectivity index (χ0n) is 10.2. The third kappa shape index (κ3) is 6.22. The Morgan fingerprint density at radius 1 is 1.37 bits per heavy atom. The Morgan fingerprint density at radius 2 is 2.05 bits per heavy atom. The molecule has 0 bridgehead atoms. The van der Waals surface area contributed by atoms with Crippen molar-refractivity contribution in [3.63, 3.8) is 0 Å². The Bertz CT molecular complexity index is 411. The van der Waals surface area contributed by atoms with Crippen LogP contribution in [0.2, 0.25) is 5.02 Å². The molecule has 1 rings (SSSR count). The second kappa shape index (κ2) is 7.07. The van der Waals surface area contributed by atoms with Crippen molar-refractivity contribution in [3.8, 4) is 0 Å². The van der Waals surface area contributed by atoms with Crippen LogP contribution in [0, 0.1) is 5.82 Å². The summed E-state index contributed by atoms with van der Waals surface area (Å²) in [6.07, 6.45) is -4.31. The zero-order valence-corrected chi connectivity index (χ0v) is 11.0. The number of hydrogen-bond acceptors (Lipinski definition) is 2. The smallest absolute Gasteiger partial charge is 0.371 e. The summed E-state index contributed by atoms with van der Waals surface area (Å²) in [5.41, 5.74) is 0.752. The summed E-state index contributed by atoms with van der Waals surface area (Å²) in [7, 11) is 0. The summed E-state index contributed by atoms with van der Waals surface area (Å²) in [6, 6.07) is 4.13. The largest absolute Gasteiger partial charge is 0.411 e. The average molecular weight is 300 g/mol. The summed E-state index contributed by atoms with van der Waals surface area (Å²) in [6.45, 7) is 0.740. The van der Waals surface area contributed by atoms with Crippen molar-refractivity contribution < 1.29 is 22.3 Å². The van der Waals surface area contributed by atoms with Gasteiger partial charge in [-0.2, -0.15) is 13.2 Å². The monoisotopic (exact) mass is 299 g/mol. The van der Waals surface area contributed by atoms with Crippen LogP contribution in [-0.2, 0) is 4.74 Å². The molecule has 0 heterocycles. The Balaban J connectivity index is 2.31. The molecule has 1 N–H and O–H groups in total. The molecule has 1 aromatic rings. The number of alkyl halides is 3. The standard InChI is InChI=1S/C12H14ClF4NO/c1-8(9-2-3-11(14)10(13)6-9)18-4-5-19-7-12(15,16)17/h2-3,6,8,18H,4-5,7H2,1H3. The van der Waals surface area contributed by atoms with Crippen LogP contribution in [0.15, 0.2) is 18.2 Å². The van der Waals surface area contributed by atoms with Crippen molar-refractivity contribution >= 4 is 11.6 Å². The van der Waals surface area contributed by atoms with Gasteiger partial charge in [-0.1, -0.05) is 17.7 Å². The minimum absolute atomic E-state index is 0.0134. The lowest BCUT2D eigenvalue weighted by atomic mass is 10.1. The normalized spacial score (nSPS) is 13.6. The predicted molar refractivity (Wildman–Crippen MR) is 64.7 cm³/mol. The van der Waals surface area contributed by atoms with E-state index in [2.05, 4.69) is 10.1 Å². The Morgan fingerprint density at radius 3 is 2.63 bits per heavy atom. The minimum Gasteiger partial charge on any atom is -0.371 e. The molecule has 0 aliphatic heterocycles. The Kier molecular flexibility index (Phi) is 6.03. The highest BCUT2D eigenvalue weighted by molar-refractivity contribution is 6.30. The van der Waals surface area contributed by atoms with Crippen LogP contribution in [0.5, 0.6) is 0 Å². The van der Waals surface area contributed by atoms with Crippen LogP contribution in [0.4, 0.5) is 17.6 Å². The highest BCUT2D eigenvalue weighted by Crippen LogP contribution is 2.20. The van der Waals surface area contributed by atoms with Crippen LogP contribution in [0.3, 0.4) is 0 Å². The lowest BCUT2D eigenvalue weighted by Crippen LogP contribution is -2.26. The first-order valence-electron chi connectivity index (χ1n) is 5.62. The summed E-state index contributed by atoms with van der Waals surface area (Å²) in [5.74, 6) is -0.508. The van der Waals surface area contributed by atoms with Crippen LogP contribution in [-0.4, -0.2) is 25.9 Å². The molecule has 2 nitrogen and oxygen atoms in total. The fourth-order valence-electron chi connectivity index (χ4n) is 1.44. The lowest BCUT2D eigenvalue weighted by molar-refractivity contribution is -0.173. The van der Waals surface area contributed by atoms with Crippen LogP contribution in [0.25, 0.3) is 0 Å². The van der Waals surface area contributed by atoms with Gasteiger partial charge in [-0.15, -0.1) is 0 Å².